The lowest BCUT2D eigenvalue weighted by molar-refractivity contribution is 1.41. The quantitative estimate of drug-likeness (QED) is 0.584. The molecule has 0 bridgehead atoms. The third-order valence-corrected chi connectivity index (χ3v) is 1.70. The first kappa shape index (κ1) is 5.56. The molecule has 0 aliphatic heterocycles. The van der Waals surface area contributed by atoms with Crippen molar-refractivity contribution >= 4 is 22.5 Å². The number of para-hydroxylation sites is 1. The van der Waals surface area contributed by atoms with Gasteiger partial charge in [-0.2, -0.15) is 0 Å². The zero-order valence-electron chi connectivity index (χ0n) is 6.71. The van der Waals surface area contributed by atoms with Gasteiger partial charge in [0.25, 0.3) is 0 Å². The summed E-state index contributed by atoms with van der Waals surface area (Å²) in [5.41, 5.74) is 0.812. The highest BCUT2D eigenvalue weighted by atomic mass is 35.5. The van der Waals surface area contributed by atoms with E-state index >= 15 is 0 Å². The molecular weight excluding hydrogens is 158 g/mol. The molecule has 0 spiro atoms. The summed E-state index contributed by atoms with van der Waals surface area (Å²) < 4.78 is 7.36. The molecule has 1 aromatic heterocycles. The van der Waals surface area contributed by atoms with Crippen LogP contribution in [0.25, 0.3) is 10.9 Å². The Morgan fingerprint density at radius 1 is 1.36 bits per heavy atom. The molecule has 0 atom stereocenters. The zero-order valence-corrected chi connectivity index (χ0v) is 6.47. The average Bonchev–Trinajstić information content (AvgIpc) is 2.07. The Morgan fingerprint density at radius 2 is 2.18 bits per heavy atom. The highest BCUT2D eigenvalue weighted by Crippen LogP contribution is 2.15. The molecule has 0 fully saturated rings. The largest absolute Gasteiger partial charge is 0.255 e. The molecule has 0 aliphatic rings. The summed E-state index contributed by atoms with van der Waals surface area (Å²) in [5, 5.41) is 1.37. The molecule has 0 radical (unpaired) electrons. The number of benzene rings is 1. The number of pyridine rings is 1. The summed E-state index contributed by atoms with van der Waals surface area (Å²) in [7, 11) is 0. The standard InChI is InChI=1S/C9H6ClN/c10-8-5-7-3-1-2-4-9(7)11-6-8/h1-6H/i6D. The predicted octanol–water partition coefficient (Wildman–Crippen LogP) is 2.89. The van der Waals surface area contributed by atoms with Crippen molar-refractivity contribution in [2.45, 2.75) is 0 Å². The Kier molecular flexibility index (Phi) is 1.27. The van der Waals surface area contributed by atoms with Crippen molar-refractivity contribution in [3.8, 4) is 0 Å². The molecule has 0 aliphatic carbocycles. The van der Waals surface area contributed by atoms with E-state index in [2.05, 4.69) is 4.98 Å². The van der Waals surface area contributed by atoms with Gasteiger partial charge in [0.15, 0.2) is 0 Å². The highest BCUT2D eigenvalue weighted by Gasteiger charge is 1.92. The lowest BCUT2D eigenvalue weighted by Crippen LogP contribution is -1.75. The number of hydrogen-bond donors (Lipinski definition) is 0. The van der Waals surface area contributed by atoms with E-state index in [-0.39, 0.29) is 6.17 Å². The molecule has 0 unspecified atom stereocenters. The fraction of sp³-hybridized carbons (Fsp3) is 0. The van der Waals surface area contributed by atoms with Crippen LogP contribution in [0.4, 0.5) is 0 Å². The predicted molar refractivity (Wildman–Crippen MR) is 46.8 cm³/mol. The van der Waals surface area contributed by atoms with Gasteiger partial charge in [-0.25, -0.2) is 0 Å². The van der Waals surface area contributed by atoms with E-state index in [1.807, 2.05) is 24.3 Å². The molecule has 0 saturated carbocycles. The Morgan fingerprint density at radius 3 is 3.09 bits per heavy atom. The minimum atomic E-state index is 0.135. The number of hydrogen-bond acceptors (Lipinski definition) is 1. The second-order valence-electron chi connectivity index (χ2n) is 2.27. The number of halogens is 1. The van der Waals surface area contributed by atoms with Crippen molar-refractivity contribution in [3.63, 3.8) is 0 Å². The molecule has 2 heteroatoms. The van der Waals surface area contributed by atoms with Crippen LogP contribution >= 0.6 is 11.6 Å². The van der Waals surface area contributed by atoms with Gasteiger partial charge in [-0.15, -0.1) is 0 Å². The Bertz CT molecular complexity index is 387. The third kappa shape index (κ3) is 1.19. The first-order chi connectivity index (χ1) is 5.77. The number of rotatable bonds is 0. The van der Waals surface area contributed by atoms with E-state index in [0.717, 1.165) is 10.9 Å². The zero-order chi connectivity index (χ0) is 8.55. The van der Waals surface area contributed by atoms with Gasteiger partial charge in [-0.1, -0.05) is 29.8 Å². The minimum absolute atomic E-state index is 0.135. The average molecular weight is 165 g/mol. The van der Waals surface area contributed by atoms with Gasteiger partial charge in [0.05, 0.1) is 11.9 Å². The Balaban J connectivity index is 2.84. The fourth-order valence-corrected chi connectivity index (χ4v) is 1.15. The van der Waals surface area contributed by atoms with Crippen molar-refractivity contribution in [3.05, 3.63) is 41.5 Å². The third-order valence-electron chi connectivity index (χ3n) is 1.50. The molecule has 2 aromatic rings. The van der Waals surface area contributed by atoms with Crippen LogP contribution in [-0.2, 0) is 0 Å². The number of aromatic nitrogens is 1. The van der Waals surface area contributed by atoms with Crippen LogP contribution in [0.5, 0.6) is 0 Å². The van der Waals surface area contributed by atoms with Crippen LogP contribution in [-0.4, -0.2) is 4.98 Å². The number of nitrogens with zero attached hydrogens (tertiary/aromatic N) is 1. The second kappa shape index (κ2) is 2.51. The van der Waals surface area contributed by atoms with Crippen LogP contribution in [0.15, 0.2) is 36.5 Å². The topological polar surface area (TPSA) is 12.9 Å². The van der Waals surface area contributed by atoms with Crippen molar-refractivity contribution in [2.75, 3.05) is 0 Å². The molecule has 0 amide bonds. The summed E-state index contributed by atoms with van der Waals surface area (Å²) in [4.78, 5) is 4.01. The van der Waals surface area contributed by atoms with E-state index in [1.54, 1.807) is 6.07 Å². The molecule has 2 rings (SSSR count). The lowest BCUT2D eigenvalue weighted by atomic mass is 10.2. The summed E-state index contributed by atoms with van der Waals surface area (Å²) in [6.07, 6.45) is 0.135. The number of fused-ring (bicyclic) bond motifs is 1. The molecule has 1 heterocycles. The lowest BCUT2D eigenvalue weighted by Gasteiger charge is -1.94. The second-order valence-corrected chi connectivity index (χ2v) is 2.68. The normalized spacial score (nSPS) is 11.5. The van der Waals surface area contributed by atoms with Gasteiger partial charge in [-0.05, 0) is 12.1 Å². The van der Waals surface area contributed by atoms with E-state index in [0.29, 0.717) is 5.02 Å². The Hall–Kier alpha value is -1.08. The molecule has 0 N–H and O–H groups in total. The van der Waals surface area contributed by atoms with Crippen molar-refractivity contribution < 1.29 is 1.37 Å². The van der Waals surface area contributed by atoms with Gasteiger partial charge in [-0.3, -0.25) is 4.98 Å². The van der Waals surface area contributed by atoms with Gasteiger partial charge in [0.2, 0.25) is 0 Å². The van der Waals surface area contributed by atoms with Crippen LogP contribution in [0, 0.1) is 0 Å². The molecular formula is C9H6ClN. The monoisotopic (exact) mass is 164 g/mol. The summed E-state index contributed by atoms with van der Waals surface area (Å²) in [6, 6.07) is 9.36. The van der Waals surface area contributed by atoms with Gasteiger partial charge in [0.1, 0.15) is 0 Å². The van der Waals surface area contributed by atoms with Crippen LogP contribution in [0.2, 0.25) is 5.02 Å². The SMILES string of the molecule is [2H]c1nc2ccccc2cc1Cl. The van der Waals surface area contributed by atoms with Crippen LogP contribution < -0.4 is 0 Å². The smallest absolute Gasteiger partial charge is 0.0856 e. The van der Waals surface area contributed by atoms with Crippen molar-refractivity contribution in [1.29, 1.82) is 0 Å². The van der Waals surface area contributed by atoms with Gasteiger partial charge in [0, 0.05) is 11.6 Å². The maximum Gasteiger partial charge on any atom is 0.0856 e. The molecule has 0 saturated heterocycles. The van der Waals surface area contributed by atoms with E-state index in [1.165, 1.54) is 0 Å². The summed E-state index contributed by atoms with van der Waals surface area (Å²) >= 11 is 5.74. The maximum absolute atomic E-state index is 7.36. The summed E-state index contributed by atoms with van der Waals surface area (Å²) in [5.74, 6) is 0. The molecule has 1 nitrogen and oxygen atoms in total. The first-order valence-electron chi connectivity index (χ1n) is 3.79. The molecule has 11 heavy (non-hydrogen) atoms. The molecule has 54 valence electrons. The van der Waals surface area contributed by atoms with Crippen molar-refractivity contribution in [2.24, 2.45) is 0 Å². The van der Waals surface area contributed by atoms with Gasteiger partial charge < -0.3 is 0 Å². The maximum atomic E-state index is 7.36. The Labute approximate surface area is 71.0 Å². The molecule has 1 aromatic carbocycles. The van der Waals surface area contributed by atoms with E-state index < -0.39 is 0 Å². The van der Waals surface area contributed by atoms with Crippen LogP contribution in [0.3, 0.4) is 0 Å². The van der Waals surface area contributed by atoms with Crippen molar-refractivity contribution in [1.82, 2.24) is 4.98 Å². The van der Waals surface area contributed by atoms with Gasteiger partial charge >= 0.3 is 0 Å². The first-order valence-corrected chi connectivity index (χ1v) is 3.67. The van der Waals surface area contributed by atoms with Crippen LogP contribution in [0.1, 0.15) is 1.37 Å². The fourth-order valence-electron chi connectivity index (χ4n) is 0.994. The van der Waals surface area contributed by atoms with E-state index in [4.69, 9.17) is 13.0 Å². The summed E-state index contributed by atoms with van der Waals surface area (Å²) in [6.45, 7) is 0. The van der Waals surface area contributed by atoms with E-state index in [9.17, 15) is 0 Å². The minimum Gasteiger partial charge on any atom is -0.255 e. The highest BCUT2D eigenvalue weighted by molar-refractivity contribution is 6.31.